The monoisotopic (exact) mass is 463 g/mol. The minimum Gasteiger partial charge on any atom is -0.369 e. The van der Waals surface area contributed by atoms with Crippen molar-refractivity contribution in [1.29, 1.82) is 0 Å². The van der Waals surface area contributed by atoms with E-state index in [0.717, 1.165) is 38.0 Å². The van der Waals surface area contributed by atoms with Crippen LogP contribution < -0.4 is 16.6 Å². The number of aromatic amines is 1. The topological polar surface area (TPSA) is 122 Å². The van der Waals surface area contributed by atoms with Gasteiger partial charge in [0, 0.05) is 19.0 Å². The van der Waals surface area contributed by atoms with E-state index in [9.17, 15) is 9.59 Å². The highest BCUT2D eigenvalue weighted by Crippen LogP contribution is 2.23. The summed E-state index contributed by atoms with van der Waals surface area (Å²) in [5, 5.41) is 8.39. The van der Waals surface area contributed by atoms with Crippen LogP contribution in [-0.2, 0) is 17.9 Å². The Morgan fingerprint density at radius 1 is 1.23 bits per heavy atom. The number of nitrogens with zero attached hydrogens (tertiary/aromatic N) is 4. The number of piperidine rings is 1. The Morgan fingerprint density at radius 2 is 2.00 bits per heavy atom. The molecule has 0 aliphatic carbocycles. The zero-order chi connectivity index (χ0) is 22.0. The van der Waals surface area contributed by atoms with Crippen LogP contribution >= 0.6 is 23.2 Å². The molecule has 0 radical (unpaired) electrons. The van der Waals surface area contributed by atoms with Crippen LogP contribution in [-0.4, -0.2) is 50.2 Å². The summed E-state index contributed by atoms with van der Waals surface area (Å²) < 4.78 is 1.67. The van der Waals surface area contributed by atoms with Gasteiger partial charge in [0.1, 0.15) is 5.52 Å². The maximum absolute atomic E-state index is 12.7. The van der Waals surface area contributed by atoms with Gasteiger partial charge in [-0.3, -0.25) is 19.3 Å². The number of hydrogen-bond acceptors (Lipinski definition) is 6. The number of carbonyl (C=O) groups excluding carboxylic acids is 1. The highest BCUT2D eigenvalue weighted by Gasteiger charge is 2.23. The Balaban J connectivity index is 1.40. The van der Waals surface area contributed by atoms with Crippen molar-refractivity contribution in [2.45, 2.75) is 25.9 Å². The van der Waals surface area contributed by atoms with Crippen LogP contribution in [0, 0.1) is 5.92 Å². The summed E-state index contributed by atoms with van der Waals surface area (Å²) in [5.41, 5.74) is 7.00. The lowest BCUT2D eigenvalue weighted by Gasteiger charge is -2.30. The zero-order valence-electron chi connectivity index (χ0n) is 16.8. The van der Waals surface area contributed by atoms with E-state index in [1.54, 1.807) is 23.0 Å². The van der Waals surface area contributed by atoms with Gasteiger partial charge in [-0.2, -0.15) is 5.10 Å². The molecular weight excluding hydrogens is 441 g/mol. The fraction of sp³-hybridized carbons (Fsp3) is 0.400. The van der Waals surface area contributed by atoms with E-state index in [4.69, 9.17) is 28.9 Å². The fourth-order valence-corrected chi connectivity index (χ4v) is 4.09. The van der Waals surface area contributed by atoms with E-state index in [1.807, 2.05) is 6.07 Å². The van der Waals surface area contributed by atoms with Crippen molar-refractivity contribution in [2.75, 3.05) is 25.0 Å². The molecule has 1 fully saturated rings. The number of H-pyrrole nitrogens is 1. The Hall–Kier alpha value is -2.62. The largest absolute Gasteiger partial charge is 0.369 e. The van der Waals surface area contributed by atoms with Crippen molar-refractivity contribution in [1.82, 2.24) is 24.6 Å². The van der Waals surface area contributed by atoms with Gasteiger partial charge in [-0.1, -0.05) is 29.3 Å². The molecule has 1 saturated heterocycles. The normalized spacial score (nSPS) is 15.4. The summed E-state index contributed by atoms with van der Waals surface area (Å²) in [6.07, 6.45) is 3.13. The van der Waals surface area contributed by atoms with Gasteiger partial charge in [0.15, 0.2) is 5.52 Å². The summed E-state index contributed by atoms with van der Waals surface area (Å²) in [4.78, 5) is 33.4. The molecule has 0 atom stereocenters. The highest BCUT2D eigenvalue weighted by molar-refractivity contribution is 6.42. The van der Waals surface area contributed by atoms with E-state index in [2.05, 4.69) is 25.3 Å². The van der Waals surface area contributed by atoms with Gasteiger partial charge in [0.05, 0.1) is 22.8 Å². The third-order valence-electron chi connectivity index (χ3n) is 5.56. The maximum atomic E-state index is 12.7. The van der Waals surface area contributed by atoms with Crippen LogP contribution in [0.1, 0.15) is 18.4 Å². The summed E-state index contributed by atoms with van der Waals surface area (Å²) in [6.45, 7) is 3.35. The van der Waals surface area contributed by atoms with E-state index in [0.29, 0.717) is 40.1 Å². The molecule has 11 heteroatoms. The fourth-order valence-electron chi connectivity index (χ4n) is 3.77. The van der Waals surface area contributed by atoms with Crippen LogP contribution in [0.25, 0.3) is 11.0 Å². The highest BCUT2D eigenvalue weighted by atomic mass is 35.5. The Labute approximate surface area is 188 Å². The molecule has 0 unspecified atom stereocenters. The van der Waals surface area contributed by atoms with Crippen LogP contribution in [0.2, 0.25) is 10.0 Å². The van der Waals surface area contributed by atoms with Gasteiger partial charge in [-0.15, -0.1) is 0 Å². The number of anilines is 1. The molecule has 1 aliphatic heterocycles. The molecule has 9 nitrogen and oxygen atoms in total. The van der Waals surface area contributed by atoms with Gasteiger partial charge in [-0.05, 0) is 43.6 Å². The van der Waals surface area contributed by atoms with Gasteiger partial charge >= 0.3 is 0 Å². The predicted octanol–water partition coefficient (Wildman–Crippen LogP) is 2.24. The minimum absolute atomic E-state index is 0.0383. The van der Waals surface area contributed by atoms with Crippen molar-refractivity contribution in [3.63, 3.8) is 0 Å². The molecule has 3 heterocycles. The van der Waals surface area contributed by atoms with Crippen molar-refractivity contribution in [3.8, 4) is 0 Å². The van der Waals surface area contributed by atoms with E-state index >= 15 is 0 Å². The first kappa shape index (κ1) is 21.6. The number of fused-ring (bicyclic) bond motifs is 1. The predicted molar refractivity (Wildman–Crippen MR) is 120 cm³/mol. The number of halogens is 2. The minimum atomic E-state index is -0.258. The van der Waals surface area contributed by atoms with E-state index in [1.165, 1.54) is 0 Å². The molecule has 0 saturated carbocycles. The first-order valence-electron chi connectivity index (χ1n) is 10.1. The standard InChI is InChI=1S/C20H23Cl2N7O2/c21-14-2-1-12(9-15(14)22)10-24-20-26-16-11-25-29(17(16)19(31)27-20)8-7-28-5-3-13(4-6-28)18(23)30/h1-2,9,11,13H,3-8,10H2,(H2,23,30)(H2,24,26,27,31). The van der Waals surface area contributed by atoms with Crippen LogP contribution in [0.4, 0.5) is 5.95 Å². The lowest BCUT2D eigenvalue weighted by atomic mass is 9.96. The second kappa shape index (κ2) is 9.25. The number of primary amides is 1. The first-order valence-corrected chi connectivity index (χ1v) is 10.8. The third-order valence-corrected chi connectivity index (χ3v) is 6.30. The van der Waals surface area contributed by atoms with Crippen LogP contribution in [0.15, 0.2) is 29.2 Å². The third kappa shape index (κ3) is 5.00. The van der Waals surface area contributed by atoms with Gasteiger partial charge in [0.2, 0.25) is 11.9 Å². The number of carbonyl (C=O) groups is 1. The number of rotatable bonds is 7. The summed E-state index contributed by atoms with van der Waals surface area (Å²) in [5.74, 6) is 0.0965. The number of amides is 1. The maximum Gasteiger partial charge on any atom is 0.278 e. The van der Waals surface area contributed by atoms with Gasteiger partial charge in [0.25, 0.3) is 5.56 Å². The number of nitrogens with two attached hydrogens (primary N) is 1. The number of aromatic nitrogens is 4. The lowest BCUT2D eigenvalue weighted by Crippen LogP contribution is -2.40. The van der Waals surface area contributed by atoms with Crippen molar-refractivity contribution < 1.29 is 4.79 Å². The first-order chi connectivity index (χ1) is 14.9. The molecule has 0 spiro atoms. The number of hydrogen-bond donors (Lipinski definition) is 3. The van der Waals surface area contributed by atoms with Crippen LogP contribution in [0.5, 0.6) is 0 Å². The molecule has 4 N–H and O–H groups in total. The molecule has 0 bridgehead atoms. The SMILES string of the molecule is NC(=O)C1CCN(CCn2ncc3nc(NCc4ccc(Cl)c(Cl)c4)[nH]c(=O)c32)CC1. The molecule has 1 aromatic carbocycles. The Kier molecular flexibility index (Phi) is 6.45. The second-order valence-electron chi connectivity index (χ2n) is 7.64. The summed E-state index contributed by atoms with van der Waals surface area (Å²) in [7, 11) is 0. The molecular formula is C20H23Cl2N7O2. The molecule has 1 aliphatic rings. The lowest BCUT2D eigenvalue weighted by molar-refractivity contribution is -0.123. The van der Waals surface area contributed by atoms with Gasteiger partial charge < -0.3 is 16.0 Å². The van der Waals surface area contributed by atoms with Gasteiger partial charge in [-0.25, -0.2) is 4.98 Å². The molecule has 2 aromatic heterocycles. The molecule has 1 amide bonds. The van der Waals surface area contributed by atoms with E-state index < -0.39 is 0 Å². The zero-order valence-corrected chi connectivity index (χ0v) is 18.3. The van der Waals surface area contributed by atoms with E-state index in [-0.39, 0.29) is 17.4 Å². The second-order valence-corrected chi connectivity index (χ2v) is 8.45. The molecule has 31 heavy (non-hydrogen) atoms. The van der Waals surface area contributed by atoms with Crippen molar-refractivity contribution >= 4 is 46.1 Å². The number of likely N-dealkylation sites (tertiary alicyclic amines) is 1. The quantitative estimate of drug-likeness (QED) is 0.493. The summed E-state index contributed by atoms with van der Waals surface area (Å²) >= 11 is 12.0. The average molecular weight is 464 g/mol. The Bertz CT molecular complexity index is 1150. The number of nitrogens with one attached hydrogen (secondary N) is 2. The molecule has 3 aromatic rings. The molecule has 4 rings (SSSR count). The molecule has 164 valence electrons. The smallest absolute Gasteiger partial charge is 0.278 e. The summed E-state index contributed by atoms with van der Waals surface area (Å²) in [6, 6.07) is 5.33. The van der Waals surface area contributed by atoms with Crippen molar-refractivity contribution in [3.05, 3.63) is 50.4 Å². The Morgan fingerprint density at radius 3 is 2.71 bits per heavy atom. The number of benzene rings is 1. The average Bonchev–Trinajstić information content (AvgIpc) is 3.17. The van der Waals surface area contributed by atoms with Crippen LogP contribution in [0.3, 0.4) is 0 Å². The van der Waals surface area contributed by atoms with Crippen molar-refractivity contribution in [2.24, 2.45) is 11.7 Å².